The standard InChI is InChI=1S/C17H16FNO/c18-14-9-10-15(13-7-4-8-16(20)17(13)14)19-11-12-5-2-1-3-6-12/h1-3,5-6,9-10,19H,4,7-8,11H2. The van der Waals surface area contributed by atoms with Crippen molar-refractivity contribution in [1.82, 2.24) is 0 Å². The van der Waals surface area contributed by atoms with Gasteiger partial charge in [-0.15, -0.1) is 0 Å². The number of anilines is 1. The maximum absolute atomic E-state index is 13.8. The molecule has 3 heteroatoms. The van der Waals surface area contributed by atoms with Crippen LogP contribution in [0, 0.1) is 5.82 Å². The largest absolute Gasteiger partial charge is 0.381 e. The van der Waals surface area contributed by atoms with E-state index in [4.69, 9.17) is 0 Å². The lowest BCUT2D eigenvalue weighted by molar-refractivity contribution is 0.0968. The first-order valence-corrected chi connectivity index (χ1v) is 6.88. The molecule has 0 radical (unpaired) electrons. The molecule has 0 unspecified atom stereocenters. The van der Waals surface area contributed by atoms with E-state index in [1.54, 1.807) is 6.07 Å². The van der Waals surface area contributed by atoms with Crippen LogP contribution < -0.4 is 5.32 Å². The smallest absolute Gasteiger partial charge is 0.166 e. The summed E-state index contributed by atoms with van der Waals surface area (Å²) in [5, 5.41) is 3.32. The maximum atomic E-state index is 13.8. The minimum absolute atomic E-state index is 0.0767. The quantitative estimate of drug-likeness (QED) is 0.914. The van der Waals surface area contributed by atoms with Crippen LogP contribution in [0.3, 0.4) is 0 Å². The van der Waals surface area contributed by atoms with Crippen molar-refractivity contribution in [2.75, 3.05) is 5.32 Å². The average molecular weight is 269 g/mol. The molecule has 102 valence electrons. The topological polar surface area (TPSA) is 29.1 Å². The summed E-state index contributed by atoms with van der Waals surface area (Å²) in [6.45, 7) is 0.674. The monoisotopic (exact) mass is 269 g/mol. The Morgan fingerprint density at radius 2 is 1.85 bits per heavy atom. The predicted octanol–water partition coefficient (Wildman–Crippen LogP) is 3.96. The lowest BCUT2D eigenvalue weighted by Gasteiger charge is -2.20. The summed E-state index contributed by atoms with van der Waals surface area (Å²) in [5.74, 6) is -0.470. The molecule has 0 saturated carbocycles. The lowest BCUT2D eigenvalue weighted by Crippen LogP contribution is -2.15. The summed E-state index contributed by atoms with van der Waals surface area (Å²) in [6, 6.07) is 13.1. The highest BCUT2D eigenvalue weighted by Crippen LogP contribution is 2.30. The van der Waals surface area contributed by atoms with Gasteiger partial charge in [0.1, 0.15) is 5.82 Å². The summed E-state index contributed by atoms with van der Waals surface area (Å²) in [6.07, 6.45) is 2.01. The van der Waals surface area contributed by atoms with E-state index >= 15 is 0 Å². The molecular formula is C17H16FNO. The molecule has 0 spiro atoms. The number of hydrogen-bond donors (Lipinski definition) is 1. The Labute approximate surface area is 117 Å². The minimum atomic E-state index is -0.394. The number of nitrogens with one attached hydrogen (secondary N) is 1. The third kappa shape index (κ3) is 2.44. The molecule has 2 aromatic rings. The fourth-order valence-corrected chi connectivity index (χ4v) is 2.69. The summed E-state index contributed by atoms with van der Waals surface area (Å²) in [4.78, 5) is 11.9. The number of fused-ring (bicyclic) bond motifs is 1. The first-order chi connectivity index (χ1) is 9.75. The number of benzene rings is 2. The van der Waals surface area contributed by atoms with Gasteiger partial charge in [-0.1, -0.05) is 30.3 Å². The van der Waals surface area contributed by atoms with E-state index in [1.165, 1.54) is 6.07 Å². The van der Waals surface area contributed by atoms with Gasteiger partial charge in [0.2, 0.25) is 0 Å². The Morgan fingerprint density at radius 1 is 1.05 bits per heavy atom. The molecule has 1 aliphatic rings. The van der Waals surface area contributed by atoms with Crippen molar-refractivity contribution < 1.29 is 9.18 Å². The molecule has 0 heterocycles. The summed E-state index contributed by atoms with van der Waals surface area (Å²) in [7, 11) is 0. The van der Waals surface area contributed by atoms with E-state index in [2.05, 4.69) is 5.32 Å². The molecule has 0 aromatic heterocycles. The highest BCUT2D eigenvalue weighted by Gasteiger charge is 2.23. The molecule has 1 N–H and O–H groups in total. The third-order valence-electron chi connectivity index (χ3n) is 3.70. The van der Waals surface area contributed by atoms with Gasteiger partial charge in [0.05, 0.1) is 5.56 Å². The van der Waals surface area contributed by atoms with Crippen LogP contribution in [0.1, 0.15) is 34.3 Å². The number of rotatable bonds is 3. The van der Waals surface area contributed by atoms with Crippen LogP contribution in [-0.4, -0.2) is 5.78 Å². The fourth-order valence-electron chi connectivity index (χ4n) is 2.69. The van der Waals surface area contributed by atoms with Crippen LogP contribution in [0.4, 0.5) is 10.1 Å². The second kappa shape index (κ2) is 5.45. The zero-order valence-corrected chi connectivity index (χ0v) is 11.2. The fraction of sp³-hybridized carbons (Fsp3) is 0.235. The van der Waals surface area contributed by atoms with E-state index in [9.17, 15) is 9.18 Å². The highest BCUT2D eigenvalue weighted by molar-refractivity contribution is 6.00. The molecule has 0 saturated heterocycles. The van der Waals surface area contributed by atoms with E-state index in [1.807, 2.05) is 30.3 Å². The van der Waals surface area contributed by atoms with Crippen LogP contribution in [0.2, 0.25) is 0 Å². The molecule has 20 heavy (non-hydrogen) atoms. The number of ketones is 1. The van der Waals surface area contributed by atoms with Crippen LogP contribution in [0.15, 0.2) is 42.5 Å². The number of halogens is 1. The summed E-state index contributed by atoms with van der Waals surface area (Å²) in [5.41, 5.74) is 3.15. The summed E-state index contributed by atoms with van der Waals surface area (Å²) >= 11 is 0. The van der Waals surface area contributed by atoms with Gasteiger partial charge in [0, 0.05) is 18.7 Å². The minimum Gasteiger partial charge on any atom is -0.381 e. The second-order valence-electron chi connectivity index (χ2n) is 5.06. The van der Waals surface area contributed by atoms with Gasteiger partial charge < -0.3 is 5.32 Å². The van der Waals surface area contributed by atoms with Crippen molar-refractivity contribution in [3.8, 4) is 0 Å². The van der Waals surface area contributed by atoms with Gasteiger partial charge in [0.25, 0.3) is 0 Å². The SMILES string of the molecule is O=C1CCCc2c(NCc3ccccc3)ccc(F)c21. The lowest BCUT2D eigenvalue weighted by atomic mass is 9.89. The highest BCUT2D eigenvalue weighted by atomic mass is 19.1. The maximum Gasteiger partial charge on any atom is 0.166 e. The molecule has 2 aromatic carbocycles. The Balaban J connectivity index is 1.87. The zero-order valence-electron chi connectivity index (χ0n) is 11.2. The van der Waals surface area contributed by atoms with Crippen LogP contribution >= 0.6 is 0 Å². The van der Waals surface area contributed by atoms with E-state index in [0.29, 0.717) is 13.0 Å². The number of hydrogen-bond acceptors (Lipinski definition) is 2. The van der Waals surface area contributed by atoms with Gasteiger partial charge in [-0.3, -0.25) is 4.79 Å². The van der Waals surface area contributed by atoms with Gasteiger partial charge in [-0.2, -0.15) is 0 Å². The molecular weight excluding hydrogens is 253 g/mol. The Kier molecular flexibility index (Phi) is 3.50. The Bertz CT molecular complexity index is 637. The molecule has 0 aliphatic heterocycles. The van der Waals surface area contributed by atoms with Gasteiger partial charge in [0.15, 0.2) is 5.78 Å². The molecule has 0 atom stereocenters. The van der Waals surface area contributed by atoms with Crippen molar-refractivity contribution in [3.05, 3.63) is 65.0 Å². The van der Waals surface area contributed by atoms with Gasteiger partial charge in [-0.05, 0) is 36.1 Å². The second-order valence-corrected chi connectivity index (χ2v) is 5.06. The van der Waals surface area contributed by atoms with Gasteiger partial charge in [-0.25, -0.2) is 4.39 Å². The normalized spacial score (nSPS) is 13.9. The zero-order chi connectivity index (χ0) is 13.9. The van der Waals surface area contributed by atoms with Crippen molar-refractivity contribution in [2.24, 2.45) is 0 Å². The van der Waals surface area contributed by atoms with Crippen LogP contribution in [0.5, 0.6) is 0 Å². The first kappa shape index (κ1) is 12.9. The molecule has 1 aliphatic carbocycles. The molecule has 2 nitrogen and oxygen atoms in total. The van der Waals surface area contributed by atoms with Crippen LogP contribution in [0.25, 0.3) is 0 Å². The van der Waals surface area contributed by atoms with Crippen molar-refractivity contribution in [2.45, 2.75) is 25.8 Å². The predicted molar refractivity (Wildman–Crippen MR) is 77.4 cm³/mol. The Hall–Kier alpha value is -2.16. The van der Waals surface area contributed by atoms with Crippen molar-refractivity contribution >= 4 is 11.5 Å². The Morgan fingerprint density at radius 3 is 2.65 bits per heavy atom. The number of carbonyl (C=O) groups excluding carboxylic acids is 1. The molecule has 0 amide bonds. The van der Waals surface area contributed by atoms with Gasteiger partial charge >= 0.3 is 0 Å². The molecule has 3 rings (SSSR count). The van der Waals surface area contributed by atoms with Crippen molar-refractivity contribution in [1.29, 1.82) is 0 Å². The molecule has 0 fully saturated rings. The van der Waals surface area contributed by atoms with E-state index in [-0.39, 0.29) is 11.3 Å². The number of Topliss-reactive ketones (excluding diaryl/α,β-unsaturated/α-hetero) is 1. The van der Waals surface area contributed by atoms with Crippen LogP contribution in [-0.2, 0) is 13.0 Å². The molecule has 0 bridgehead atoms. The number of carbonyl (C=O) groups is 1. The van der Waals surface area contributed by atoms with Crippen molar-refractivity contribution in [3.63, 3.8) is 0 Å². The van der Waals surface area contributed by atoms with E-state index < -0.39 is 5.82 Å². The first-order valence-electron chi connectivity index (χ1n) is 6.88. The van der Waals surface area contributed by atoms with E-state index in [0.717, 1.165) is 29.7 Å². The summed E-state index contributed by atoms with van der Waals surface area (Å²) < 4.78 is 13.8. The third-order valence-corrected chi connectivity index (χ3v) is 3.70. The average Bonchev–Trinajstić information content (AvgIpc) is 2.48.